The highest BCUT2D eigenvalue weighted by Crippen LogP contribution is 2.36. The van der Waals surface area contributed by atoms with Crippen LogP contribution in [0.15, 0.2) is 48.5 Å². The van der Waals surface area contributed by atoms with Crippen LogP contribution in [-0.2, 0) is 23.6 Å². The van der Waals surface area contributed by atoms with Crippen LogP contribution in [0.1, 0.15) is 54.4 Å². The summed E-state index contributed by atoms with van der Waals surface area (Å²) in [7, 11) is 0.825. The Morgan fingerprint density at radius 1 is 1.00 bits per heavy atom. The molecule has 0 saturated carbocycles. The van der Waals surface area contributed by atoms with E-state index in [1.165, 1.54) is 7.11 Å². The van der Waals surface area contributed by atoms with E-state index < -0.39 is 36.5 Å². The van der Waals surface area contributed by atoms with Crippen LogP contribution in [0.2, 0.25) is 0 Å². The van der Waals surface area contributed by atoms with Crippen molar-refractivity contribution in [3.8, 4) is 11.1 Å². The van der Waals surface area contributed by atoms with E-state index in [-0.39, 0.29) is 17.7 Å². The van der Waals surface area contributed by atoms with Crippen LogP contribution in [0.5, 0.6) is 0 Å². The van der Waals surface area contributed by atoms with Crippen molar-refractivity contribution in [1.29, 1.82) is 0 Å². The lowest BCUT2D eigenvalue weighted by Crippen LogP contribution is -2.54. The lowest BCUT2D eigenvalue weighted by Gasteiger charge is -2.32. The zero-order valence-electron chi connectivity index (χ0n) is 24.4. The van der Waals surface area contributed by atoms with Gasteiger partial charge in [-0.15, -0.1) is 0 Å². The molecule has 0 bridgehead atoms. The maximum atomic E-state index is 13.3. The van der Waals surface area contributed by atoms with Gasteiger partial charge >= 0.3 is 13.2 Å². The van der Waals surface area contributed by atoms with Gasteiger partial charge in [-0.3, -0.25) is 9.59 Å². The number of rotatable bonds is 7. The second-order valence-electron chi connectivity index (χ2n) is 11.8. The molecular formula is C30H40BN3O6. The molecule has 0 aliphatic carbocycles. The summed E-state index contributed by atoms with van der Waals surface area (Å²) in [6.07, 6.45) is 0.594. The van der Waals surface area contributed by atoms with E-state index in [1.54, 1.807) is 4.90 Å². The number of carbonyl (C=O) groups is 3. The van der Waals surface area contributed by atoms with Gasteiger partial charge in [0.25, 0.3) is 0 Å². The summed E-state index contributed by atoms with van der Waals surface area (Å²) >= 11 is 0. The van der Waals surface area contributed by atoms with E-state index in [9.17, 15) is 14.4 Å². The van der Waals surface area contributed by atoms with Crippen LogP contribution in [-0.4, -0.2) is 66.9 Å². The number of amides is 3. The molecule has 2 aromatic carbocycles. The van der Waals surface area contributed by atoms with E-state index in [0.29, 0.717) is 25.1 Å². The normalized spacial score (nSPS) is 20.4. The molecule has 2 aliphatic heterocycles. The average molecular weight is 549 g/mol. The number of hydrogen-bond acceptors (Lipinski definition) is 6. The number of likely N-dealkylation sites (tertiary alicyclic amines) is 1. The standard InChI is InChI=1S/C30H40BN3O6/c1-19(2)25(33-28(37)38-7)27(36)34-17-9-12-24(34)26(35)32-23-11-8-10-21(18-23)20-13-15-22(16-14-20)31-39-29(3,4)30(5,6)40-31/h8,10-11,13-16,18-19,24-25H,9,12,17H2,1-7H3,(H,32,35)(H,33,37). The van der Waals surface area contributed by atoms with Crippen LogP contribution in [0.4, 0.5) is 10.5 Å². The Balaban J connectivity index is 1.44. The highest BCUT2D eigenvalue weighted by molar-refractivity contribution is 6.62. The molecule has 2 N–H and O–H groups in total. The summed E-state index contributed by atoms with van der Waals surface area (Å²) in [5, 5.41) is 5.60. The number of carbonyl (C=O) groups excluding carboxylic acids is 3. The molecule has 0 aromatic heterocycles. The maximum Gasteiger partial charge on any atom is 0.494 e. The zero-order chi connectivity index (χ0) is 29.2. The van der Waals surface area contributed by atoms with Crippen LogP contribution >= 0.6 is 0 Å². The molecule has 214 valence electrons. The molecule has 2 heterocycles. The van der Waals surface area contributed by atoms with Crippen molar-refractivity contribution in [3.05, 3.63) is 48.5 Å². The summed E-state index contributed by atoms with van der Waals surface area (Å²) in [5.41, 5.74) is 2.71. The Bertz CT molecular complexity index is 1230. The van der Waals surface area contributed by atoms with Crippen molar-refractivity contribution in [2.45, 2.75) is 77.7 Å². The van der Waals surface area contributed by atoms with Gasteiger partial charge in [0.15, 0.2) is 0 Å². The molecule has 2 unspecified atom stereocenters. The van der Waals surface area contributed by atoms with Gasteiger partial charge in [0.2, 0.25) is 11.8 Å². The van der Waals surface area contributed by atoms with Crippen LogP contribution < -0.4 is 16.1 Å². The van der Waals surface area contributed by atoms with Gasteiger partial charge in [-0.1, -0.05) is 50.2 Å². The largest absolute Gasteiger partial charge is 0.494 e. The van der Waals surface area contributed by atoms with Crippen molar-refractivity contribution < 1.29 is 28.4 Å². The topological polar surface area (TPSA) is 106 Å². The molecule has 4 rings (SSSR count). The first kappa shape index (κ1) is 29.6. The molecule has 10 heteroatoms. The predicted octanol–water partition coefficient (Wildman–Crippen LogP) is 3.96. The Hall–Kier alpha value is -3.37. The number of nitrogens with one attached hydrogen (secondary N) is 2. The fourth-order valence-electron chi connectivity index (χ4n) is 5.00. The maximum absolute atomic E-state index is 13.3. The number of benzene rings is 2. The third kappa shape index (κ3) is 6.18. The average Bonchev–Trinajstić information content (AvgIpc) is 3.48. The van der Waals surface area contributed by atoms with Crippen LogP contribution in [0, 0.1) is 5.92 Å². The first-order valence-electron chi connectivity index (χ1n) is 13.8. The molecule has 2 atom stereocenters. The minimum atomic E-state index is -0.774. The van der Waals surface area contributed by atoms with Gasteiger partial charge < -0.3 is 29.6 Å². The van der Waals surface area contributed by atoms with Gasteiger partial charge in [-0.2, -0.15) is 0 Å². The van der Waals surface area contributed by atoms with Gasteiger partial charge in [0, 0.05) is 12.2 Å². The summed E-state index contributed by atoms with van der Waals surface area (Å²) in [5.74, 6) is -0.697. The Morgan fingerprint density at radius 2 is 1.65 bits per heavy atom. The summed E-state index contributed by atoms with van der Waals surface area (Å²) in [4.78, 5) is 40.0. The minimum absolute atomic E-state index is 0.163. The Labute approximate surface area is 237 Å². The van der Waals surface area contributed by atoms with Crippen molar-refractivity contribution in [2.75, 3.05) is 19.0 Å². The molecule has 2 aliphatic rings. The summed E-state index contributed by atoms with van der Waals surface area (Å²) < 4.78 is 17.0. The van der Waals surface area contributed by atoms with E-state index in [0.717, 1.165) is 16.6 Å². The van der Waals surface area contributed by atoms with Gasteiger partial charge in [0.1, 0.15) is 12.1 Å². The monoisotopic (exact) mass is 549 g/mol. The number of hydrogen-bond donors (Lipinski definition) is 2. The molecule has 9 nitrogen and oxygen atoms in total. The number of methoxy groups -OCH3 is 1. The second kappa shape index (κ2) is 11.6. The third-order valence-corrected chi connectivity index (χ3v) is 8.13. The second-order valence-corrected chi connectivity index (χ2v) is 11.8. The number of ether oxygens (including phenoxy) is 1. The van der Waals surface area contributed by atoms with Crippen molar-refractivity contribution in [1.82, 2.24) is 10.2 Å². The Kier molecular flexibility index (Phi) is 8.61. The third-order valence-electron chi connectivity index (χ3n) is 8.13. The van der Waals surface area contributed by atoms with Crippen LogP contribution in [0.25, 0.3) is 11.1 Å². The SMILES string of the molecule is COC(=O)NC(C(=O)N1CCCC1C(=O)Nc1cccc(-c2ccc(B3OC(C)(C)C(C)(C)O3)cc2)c1)C(C)C. The van der Waals surface area contributed by atoms with E-state index >= 15 is 0 Å². The minimum Gasteiger partial charge on any atom is -0.453 e. The first-order chi connectivity index (χ1) is 18.8. The molecule has 40 heavy (non-hydrogen) atoms. The molecule has 2 saturated heterocycles. The number of nitrogens with zero attached hydrogens (tertiary/aromatic N) is 1. The summed E-state index contributed by atoms with van der Waals surface area (Å²) in [6, 6.07) is 14.3. The highest BCUT2D eigenvalue weighted by Gasteiger charge is 2.51. The molecule has 2 aromatic rings. The Morgan fingerprint density at radius 3 is 2.25 bits per heavy atom. The van der Waals surface area contributed by atoms with Crippen LogP contribution in [0.3, 0.4) is 0 Å². The van der Waals surface area contributed by atoms with Crippen molar-refractivity contribution >= 4 is 36.2 Å². The van der Waals surface area contributed by atoms with E-state index in [1.807, 2.05) is 90.1 Å². The van der Waals surface area contributed by atoms with Crippen molar-refractivity contribution in [2.24, 2.45) is 5.92 Å². The summed E-state index contributed by atoms with van der Waals surface area (Å²) in [6.45, 7) is 12.3. The number of alkyl carbamates (subject to hydrolysis) is 1. The predicted molar refractivity (Wildman–Crippen MR) is 155 cm³/mol. The van der Waals surface area contributed by atoms with Gasteiger partial charge in [0.05, 0.1) is 18.3 Å². The van der Waals surface area contributed by atoms with Gasteiger partial charge in [-0.05, 0) is 75.2 Å². The molecule has 0 radical (unpaired) electrons. The highest BCUT2D eigenvalue weighted by atomic mass is 16.7. The first-order valence-corrected chi connectivity index (χ1v) is 13.8. The van der Waals surface area contributed by atoms with Gasteiger partial charge in [-0.25, -0.2) is 4.79 Å². The van der Waals surface area contributed by atoms with E-state index in [2.05, 4.69) is 15.4 Å². The molecule has 0 spiro atoms. The zero-order valence-corrected chi connectivity index (χ0v) is 24.4. The fourth-order valence-corrected chi connectivity index (χ4v) is 5.00. The lowest BCUT2D eigenvalue weighted by atomic mass is 9.78. The molecular weight excluding hydrogens is 509 g/mol. The number of anilines is 1. The van der Waals surface area contributed by atoms with Crippen molar-refractivity contribution in [3.63, 3.8) is 0 Å². The molecule has 2 fully saturated rings. The smallest absolute Gasteiger partial charge is 0.453 e. The fraction of sp³-hybridized carbons (Fsp3) is 0.500. The quantitative estimate of drug-likeness (QED) is 0.507. The lowest BCUT2D eigenvalue weighted by molar-refractivity contribution is -0.139. The van der Waals surface area contributed by atoms with E-state index in [4.69, 9.17) is 9.31 Å². The molecule has 3 amide bonds.